The summed E-state index contributed by atoms with van der Waals surface area (Å²) < 4.78 is 5.63. The highest BCUT2D eigenvalue weighted by Gasteiger charge is 2.55. The maximum Gasteiger partial charge on any atom is 0.309 e. The largest absolute Gasteiger partial charge is 0.455 e. The van der Waals surface area contributed by atoms with Crippen molar-refractivity contribution in [3.8, 4) is 0 Å². The maximum absolute atomic E-state index is 12.7. The number of benzene rings is 1. The summed E-state index contributed by atoms with van der Waals surface area (Å²) >= 11 is 4.19. The molecule has 1 N–H and O–H groups in total. The molecule has 7 nitrogen and oxygen atoms in total. The van der Waals surface area contributed by atoms with Crippen molar-refractivity contribution in [3.05, 3.63) is 33.9 Å². The molecule has 1 heterocycles. The predicted molar refractivity (Wildman–Crippen MR) is 119 cm³/mol. The molecular weight excluding hydrogens is 424 g/mol. The van der Waals surface area contributed by atoms with E-state index < -0.39 is 10.8 Å². The van der Waals surface area contributed by atoms with Gasteiger partial charge in [-0.1, -0.05) is 12.5 Å². The number of rotatable bonds is 5. The fraction of sp³-hybridized carbons (Fsp3) is 0.619. The van der Waals surface area contributed by atoms with Crippen LogP contribution in [0.4, 0.5) is 11.4 Å². The Balaban J connectivity index is 1.31. The van der Waals surface area contributed by atoms with Crippen LogP contribution in [0.5, 0.6) is 0 Å². The monoisotopic (exact) mass is 450 g/mol. The van der Waals surface area contributed by atoms with Crippen LogP contribution >= 0.6 is 23.5 Å². The van der Waals surface area contributed by atoms with Crippen molar-refractivity contribution in [2.45, 2.75) is 43.1 Å². The zero-order valence-corrected chi connectivity index (χ0v) is 18.6. The highest BCUT2D eigenvalue weighted by molar-refractivity contribution is 8.21. The van der Waals surface area contributed by atoms with Gasteiger partial charge in [0.15, 0.2) is 6.61 Å². The third-order valence-corrected chi connectivity index (χ3v) is 10.5. The SMILES string of the molecule is Cc1ccc(NC(=O)COC(=O)C2C[C@H]3CCC[C@@H](C2)C32SCCS2)cc1[N+](=O)[O-]. The molecule has 1 aromatic carbocycles. The smallest absolute Gasteiger partial charge is 0.309 e. The first kappa shape index (κ1) is 21.5. The highest BCUT2D eigenvalue weighted by Crippen LogP contribution is 2.64. The molecule has 1 saturated heterocycles. The van der Waals surface area contributed by atoms with Crippen LogP contribution in [0.25, 0.3) is 0 Å². The van der Waals surface area contributed by atoms with E-state index in [2.05, 4.69) is 28.8 Å². The molecule has 1 aliphatic heterocycles. The molecule has 3 aliphatic rings. The molecule has 2 saturated carbocycles. The number of nitrogens with zero attached hydrogens (tertiary/aromatic N) is 1. The van der Waals surface area contributed by atoms with Gasteiger partial charge in [-0.05, 0) is 50.5 Å². The van der Waals surface area contributed by atoms with Gasteiger partial charge in [0.25, 0.3) is 11.6 Å². The molecule has 1 spiro atoms. The van der Waals surface area contributed by atoms with E-state index in [1.54, 1.807) is 19.1 Å². The minimum atomic E-state index is -0.490. The number of nitro groups is 1. The number of carbonyl (C=O) groups is 2. The fourth-order valence-electron chi connectivity index (χ4n) is 5.14. The molecule has 30 heavy (non-hydrogen) atoms. The Hall–Kier alpha value is -1.74. The van der Waals surface area contributed by atoms with Crippen molar-refractivity contribution < 1.29 is 19.2 Å². The molecule has 0 aromatic heterocycles. The Labute approximate surface area is 184 Å². The van der Waals surface area contributed by atoms with Gasteiger partial charge in [0.05, 0.1) is 14.9 Å². The van der Waals surface area contributed by atoms with Crippen LogP contribution in [0.1, 0.15) is 37.7 Å². The quantitative estimate of drug-likeness (QED) is 0.403. The van der Waals surface area contributed by atoms with Gasteiger partial charge in [-0.15, -0.1) is 23.5 Å². The lowest BCUT2D eigenvalue weighted by molar-refractivity contribution is -0.385. The number of ether oxygens (including phenoxy) is 1. The van der Waals surface area contributed by atoms with E-state index in [1.807, 2.05) is 0 Å². The van der Waals surface area contributed by atoms with Crippen LogP contribution in [0, 0.1) is 34.8 Å². The molecule has 3 fully saturated rings. The Morgan fingerprint density at radius 3 is 2.53 bits per heavy atom. The predicted octanol–water partition coefficient (Wildman–Crippen LogP) is 4.39. The van der Waals surface area contributed by atoms with Gasteiger partial charge < -0.3 is 10.1 Å². The maximum atomic E-state index is 12.7. The van der Waals surface area contributed by atoms with Gasteiger partial charge in [-0.25, -0.2) is 0 Å². The molecule has 3 atom stereocenters. The average molecular weight is 451 g/mol. The van der Waals surface area contributed by atoms with E-state index in [4.69, 9.17) is 4.74 Å². The number of amides is 1. The van der Waals surface area contributed by atoms with Crippen molar-refractivity contribution in [3.63, 3.8) is 0 Å². The number of thioether (sulfide) groups is 2. The minimum Gasteiger partial charge on any atom is -0.455 e. The van der Waals surface area contributed by atoms with E-state index in [0.717, 1.165) is 12.8 Å². The van der Waals surface area contributed by atoms with E-state index in [-0.39, 0.29) is 24.2 Å². The molecule has 1 amide bonds. The number of nitrogens with one attached hydrogen (secondary N) is 1. The fourth-order valence-corrected chi connectivity index (χ4v) is 9.07. The zero-order valence-electron chi connectivity index (χ0n) is 16.9. The summed E-state index contributed by atoms with van der Waals surface area (Å²) in [6, 6.07) is 4.49. The van der Waals surface area contributed by atoms with Crippen LogP contribution in [0.15, 0.2) is 18.2 Å². The van der Waals surface area contributed by atoms with Gasteiger partial charge in [0.1, 0.15) is 0 Å². The zero-order chi connectivity index (χ0) is 21.3. The second-order valence-corrected chi connectivity index (χ2v) is 11.3. The van der Waals surface area contributed by atoms with Crippen LogP contribution in [-0.2, 0) is 14.3 Å². The van der Waals surface area contributed by atoms with Crippen molar-refractivity contribution >= 4 is 46.8 Å². The molecular formula is C21H26N2O5S2. The molecule has 1 aromatic rings. The van der Waals surface area contributed by atoms with Crippen molar-refractivity contribution in [1.29, 1.82) is 0 Å². The lowest BCUT2D eigenvalue weighted by Gasteiger charge is -2.51. The Kier molecular flexibility index (Phi) is 6.29. The second-order valence-electron chi connectivity index (χ2n) is 8.33. The standard InChI is InChI=1S/C21H26N2O5S2/c1-13-5-6-17(11-18(13)23(26)27)22-19(24)12-28-20(25)14-9-15-3-2-4-16(10-14)21(15)29-7-8-30-21/h5-6,11,14-16H,2-4,7-10,12H2,1H3,(H,22,24)/t14?,15-,16+. The van der Waals surface area contributed by atoms with Crippen molar-refractivity contribution in [2.24, 2.45) is 17.8 Å². The number of anilines is 1. The van der Waals surface area contributed by atoms with Gasteiger partial charge in [-0.2, -0.15) is 0 Å². The van der Waals surface area contributed by atoms with Gasteiger partial charge in [0, 0.05) is 28.8 Å². The normalized spacial score (nSPS) is 26.9. The summed E-state index contributed by atoms with van der Waals surface area (Å²) in [5, 5.41) is 13.6. The molecule has 2 bridgehead atoms. The first-order chi connectivity index (χ1) is 14.4. The molecule has 4 rings (SSSR count). The van der Waals surface area contributed by atoms with Crippen molar-refractivity contribution in [1.82, 2.24) is 0 Å². The summed E-state index contributed by atoms with van der Waals surface area (Å²) in [7, 11) is 0. The van der Waals surface area contributed by atoms with Crippen LogP contribution in [-0.4, -0.2) is 39.0 Å². The third-order valence-electron chi connectivity index (χ3n) is 6.49. The number of carbonyl (C=O) groups excluding carboxylic acids is 2. The van der Waals surface area contributed by atoms with Gasteiger partial charge in [0.2, 0.25) is 0 Å². The summed E-state index contributed by atoms with van der Waals surface area (Å²) in [5.41, 5.74) is 0.775. The Bertz CT molecular complexity index is 840. The first-order valence-corrected chi connectivity index (χ1v) is 12.4. The molecule has 1 unspecified atom stereocenters. The second kappa shape index (κ2) is 8.78. The lowest BCUT2D eigenvalue weighted by Crippen LogP contribution is -2.48. The number of nitro benzene ring substituents is 1. The summed E-state index contributed by atoms with van der Waals surface area (Å²) in [4.78, 5) is 35.4. The Morgan fingerprint density at radius 2 is 1.90 bits per heavy atom. The summed E-state index contributed by atoms with van der Waals surface area (Å²) in [5.74, 6) is 2.56. The molecule has 162 valence electrons. The molecule has 2 aliphatic carbocycles. The summed E-state index contributed by atoms with van der Waals surface area (Å²) in [6.07, 6.45) is 5.28. The number of aryl methyl sites for hydroxylation is 1. The number of esters is 1. The van der Waals surface area contributed by atoms with E-state index >= 15 is 0 Å². The third kappa shape index (κ3) is 4.19. The van der Waals surface area contributed by atoms with Gasteiger partial charge in [-0.3, -0.25) is 19.7 Å². The van der Waals surface area contributed by atoms with Crippen molar-refractivity contribution in [2.75, 3.05) is 23.4 Å². The minimum absolute atomic E-state index is 0.0601. The number of hydrogen-bond acceptors (Lipinski definition) is 7. The van der Waals surface area contributed by atoms with E-state index in [9.17, 15) is 19.7 Å². The van der Waals surface area contributed by atoms with Crippen LogP contribution in [0.3, 0.4) is 0 Å². The first-order valence-electron chi connectivity index (χ1n) is 10.4. The topological polar surface area (TPSA) is 98.5 Å². The number of hydrogen-bond donors (Lipinski definition) is 1. The van der Waals surface area contributed by atoms with E-state index in [1.165, 1.54) is 36.8 Å². The van der Waals surface area contributed by atoms with E-state index in [0.29, 0.717) is 27.2 Å². The van der Waals surface area contributed by atoms with Gasteiger partial charge >= 0.3 is 5.97 Å². The molecule has 0 radical (unpaired) electrons. The highest BCUT2D eigenvalue weighted by atomic mass is 32.2. The average Bonchev–Trinajstić information content (AvgIpc) is 3.16. The lowest BCUT2D eigenvalue weighted by atomic mass is 9.67. The van der Waals surface area contributed by atoms with Crippen LogP contribution < -0.4 is 5.32 Å². The molecule has 9 heteroatoms. The summed E-state index contributed by atoms with van der Waals surface area (Å²) in [6.45, 7) is 1.26. The van der Waals surface area contributed by atoms with Crippen LogP contribution in [0.2, 0.25) is 0 Å². The Morgan fingerprint density at radius 1 is 1.23 bits per heavy atom.